The second-order valence-corrected chi connectivity index (χ2v) is 9.97. The van der Waals surface area contributed by atoms with E-state index in [4.69, 9.17) is 30.0 Å². The van der Waals surface area contributed by atoms with Gasteiger partial charge in [0.1, 0.15) is 37.1 Å². The molecular weight excluding hydrogens is 556 g/mol. The number of nitrogens with zero attached hydrogens (tertiary/aromatic N) is 6. The number of ether oxygens (including phenoxy) is 2. The molecule has 207 valence electrons. The SMILES string of the molecule is Nc1ncn(C2CC(OP(=O)(O)OCC3OC(n4cnc5c(=O)[nH]c(N)nc54)CC3O)C(CO)O2)c(=O)n1.[Na]. The van der Waals surface area contributed by atoms with Crippen LogP contribution in [-0.4, -0.2) is 116 Å². The molecule has 8 N–H and O–H groups in total. The summed E-state index contributed by atoms with van der Waals surface area (Å²) in [6.45, 7) is -1.13. The molecule has 0 amide bonds. The Morgan fingerprint density at radius 2 is 1.79 bits per heavy atom. The van der Waals surface area contributed by atoms with Crippen molar-refractivity contribution in [1.29, 1.82) is 0 Å². The average Bonchev–Trinajstić information content (AvgIpc) is 3.54. The fourth-order valence-electron chi connectivity index (χ4n) is 4.26. The van der Waals surface area contributed by atoms with Gasteiger partial charge in [-0.1, -0.05) is 0 Å². The molecule has 1 radical (unpaired) electrons. The summed E-state index contributed by atoms with van der Waals surface area (Å²) in [5.41, 5.74) is 9.82. The van der Waals surface area contributed by atoms with Crippen LogP contribution < -0.4 is 22.7 Å². The first-order chi connectivity index (χ1) is 18.0. The molecule has 5 heterocycles. The number of aromatic nitrogens is 7. The number of aliphatic hydroxyl groups excluding tert-OH is 2. The summed E-state index contributed by atoms with van der Waals surface area (Å²) in [7, 11) is -4.76. The zero-order valence-electron chi connectivity index (χ0n) is 20.4. The van der Waals surface area contributed by atoms with Crippen LogP contribution in [0.3, 0.4) is 0 Å². The maximum absolute atomic E-state index is 12.7. The molecule has 7 atom stereocenters. The fraction of sp³-hybridized carbons (Fsp3) is 0.556. The minimum atomic E-state index is -4.76. The van der Waals surface area contributed by atoms with E-state index in [1.165, 1.54) is 10.9 Å². The average molecular weight is 580 g/mol. The van der Waals surface area contributed by atoms with E-state index in [2.05, 4.69) is 24.9 Å². The van der Waals surface area contributed by atoms with Crippen LogP contribution in [0.25, 0.3) is 11.2 Å². The molecular formula is C18H24N9NaO10P. The Morgan fingerprint density at radius 1 is 1.10 bits per heavy atom. The monoisotopic (exact) mass is 580 g/mol. The van der Waals surface area contributed by atoms with Gasteiger partial charge in [-0.15, -0.1) is 0 Å². The number of aliphatic hydroxyl groups is 2. The van der Waals surface area contributed by atoms with E-state index in [0.29, 0.717) is 0 Å². The van der Waals surface area contributed by atoms with Crippen LogP contribution >= 0.6 is 7.82 Å². The van der Waals surface area contributed by atoms with E-state index in [1.807, 2.05) is 0 Å². The van der Waals surface area contributed by atoms with Crippen molar-refractivity contribution in [1.82, 2.24) is 34.1 Å². The van der Waals surface area contributed by atoms with Crippen molar-refractivity contribution in [3.05, 3.63) is 33.5 Å². The molecule has 0 saturated carbocycles. The molecule has 7 unspecified atom stereocenters. The summed E-state index contributed by atoms with van der Waals surface area (Å²) in [6.07, 6.45) is -3.86. The molecule has 3 aromatic rings. The maximum atomic E-state index is 12.7. The Labute approximate surface area is 240 Å². The molecule has 0 aromatic carbocycles. The summed E-state index contributed by atoms with van der Waals surface area (Å²) in [5, 5.41) is 20.1. The number of nitrogen functional groups attached to an aromatic ring is 2. The van der Waals surface area contributed by atoms with Gasteiger partial charge in [0.2, 0.25) is 11.9 Å². The number of nitrogens with one attached hydrogen (secondary N) is 1. The number of phosphoric acid groups is 1. The van der Waals surface area contributed by atoms with Gasteiger partial charge >= 0.3 is 13.5 Å². The first-order valence-electron chi connectivity index (χ1n) is 11.2. The van der Waals surface area contributed by atoms with Crippen molar-refractivity contribution >= 4 is 60.4 Å². The smallest absolute Gasteiger partial charge is 0.394 e. The van der Waals surface area contributed by atoms with Gasteiger partial charge in [-0.2, -0.15) is 9.97 Å². The number of imidazole rings is 1. The molecule has 3 aromatic heterocycles. The Hall–Kier alpha value is -2.29. The van der Waals surface area contributed by atoms with Crippen molar-refractivity contribution in [2.75, 3.05) is 24.7 Å². The maximum Gasteiger partial charge on any atom is 0.472 e. The number of anilines is 2. The van der Waals surface area contributed by atoms with Gasteiger partial charge in [0, 0.05) is 42.4 Å². The van der Waals surface area contributed by atoms with Crippen LogP contribution in [0.15, 0.2) is 22.2 Å². The zero-order valence-corrected chi connectivity index (χ0v) is 23.3. The van der Waals surface area contributed by atoms with Gasteiger partial charge < -0.3 is 36.0 Å². The van der Waals surface area contributed by atoms with E-state index in [1.54, 1.807) is 0 Å². The first-order valence-corrected chi connectivity index (χ1v) is 12.7. The van der Waals surface area contributed by atoms with Gasteiger partial charge in [0.25, 0.3) is 5.56 Å². The fourth-order valence-corrected chi connectivity index (χ4v) is 5.22. The first kappa shape index (κ1) is 29.7. The Bertz CT molecular complexity index is 1500. The van der Waals surface area contributed by atoms with E-state index < -0.39 is 69.2 Å². The predicted octanol–water partition coefficient (Wildman–Crippen LogP) is -3.01. The molecule has 19 nitrogen and oxygen atoms in total. The Kier molecular flexibility index (Phi) is 8.89. The number of aromatic amines is 1. The Morgan fingerprint density at radius 3 is 2.51 bits per heavy atom. The summed E-state index contributed by atoms with van der Waals surface area (Å²) in [4.78, 5) is 51.9. The normalized spacial score (nSPS) is 28.4. The van der Waals surface area contributed by atoms with E-state index in [0.717, 1.165) is 10.9 Å². The number of phosphoric ester groups is 1. The molecule has 0 bridgehead atoms. The number of nitrogens with two attached hydrogens (primary N) is 2. The van der Waals surface area contributed by atoms with E-state index >= 15 is 0 Å². The number of fused-ring (bicyclic) bond motifs is 1. The molecule has 2 fully saturated rings. The van der Waals surface area contributed by atoms with Crippen molar-refractivity contribution in [2.24, 2.45) is 0 Å². The van der Waals surface area contributed by atoms with Crippen molar-refractivity contribution in [3.63, 3.8) is 0 Å². The second kappa shape index (κ2) is 11.7. The predicted molar refractivity (Wildman–Crippen MR) is 130 cm³/mol. The summed E-state index contributed by atoms with van der Waals surface area (Å²) >= 11 is 0. The topological polar surface area (TPSA) is 278 Å². The molecule has 2 aliphatic rings. The summed E-state index contributed by atoms with van der Waals surface area (Å²) in [6, 6.07) is 0. The molecule has 0 spiro atoms. The summed E-state index contributed by atoms with van der Waals surface area (Å²) < 4.78 is 36.6. The number of H-pyrrole nitrogens is 1. The molecule has 5 rings (SSSR count). The molecule has 2 saturated heterocycles. The van der Waals surface area contributed by atoms with E-state index in [-0.39, 0.29) is 65.5 Å². The van der Waals surface area contributed by atoms with Crippen LogP contribution in [0.4, 0.5) is 11.9 Å². The van der Waals surface area contributed by atoms with Crippen LogP contribution in [0.5, 0.6) is 0 Å². The Balaban J connectivity index is 0.00000353. The number of hydrogen-bond donors (Lipinski definition) is 6. The van der Waals surface area contributed by atoms with Gasteiger partial charge in [0.05, 0.1) is 25.6 Å². The second-order valence-electron chi connectivity index (χ2n) is 8.57. The quantitative estimate of drug-likeness (QED) is 0.114. The van der Waals surface area contributed by atoms with Crippen LogP contribution in [0.1, 0.15) is 25.3 Å². The largest absolute Gasteiger partial charge is 0.472 e. The third-order valence-electron chi connectivity index (χ3n) is 6.05. The minimum Gasteiger partial charge on any atom is -0.394 e. The molecule has 0 aliphatic carbocycles. The molecule has 2 aliphatic heterocycles. The van der Waals surface area contributed by atoms with Gasteiger partial charge in [0.15, 0.2) is 11.2 Å². The van der Waals surface area contributed by atoms with E-state index in [9.17, 15) is 29.3 Å². The van der Waals surface area contributed by atoms with Crippen LogP contribution in [0, 0.1) is 0 Å². The number of hydrogen-bond acceptors (Lipinski definition) is 15. The van der Waals surface area contributed by atoms with Crippen molar-refractivity contribution in [2.45, 2.75) is 49.7 Å². The minimum absolute atomic E-state index is 0. The zero-order chi connectivity index (χ0) is 27.2. The van der Waals surface area contributed by atoms with Crippen LogP contribution in [0.2, 0.25) is 0 Å². The van der Waals surface area contributed by atoms with Crippen LogP contribution in [-0.2, 0) is 23.1 Å². The number of rotatable bonds is 8. The van der Waals surface area contributed by atoms with Gasteiger partial charge in [-0.25, -0.2) is 19.3 Å². The third kappa shape index (κ3) is 6.23. The van der Waals surface area contributed by atoms with Gasteiger partial charge in [-0.05, 0) is 0 Å². The summed E-state index contributed by atoms with van der Waals surface area (Å²) in [5.74, 6) is -0.369. The standard InChI is InChI=1S/C18H24N9O10P.Na/c19-16-22-6-27(18(31)25-16)12-2-8(9(3-28)35-12)37-38(32,33)34-4-10-7(29)1-11(36-10)26-5-21-13-14(26)23-17(20)24-15(13)30;/h5-12,28-29H,1-4H2,(H,32,33)(H2,19,25,31)(H3,20,23,24,30);. The van der Waals surface area contributed by atoms with Crippen molar-refractivity contribution < 1.29 is 38.2 Å². The van der Waals surface area contributed by atoms with Crippen molar-refractivity contribution in [3.8, 4) is 0 Å². The van der Waals surface area contributed by atoms with Gasteiger partial charge in [-0.3, -0.25) is 28.0 Å². The third-order valence-corrected chi connectivity index (χ3v) is 7.06. The molecule has 39 heavy (non-hydrogen) atoms. The molecule has 21 heteroatoms.